The van der Waals surface area contributed by atoms with Crippen LogP contribution in [0.15, 0.2) is 65.1 Å². The lowest BCUT2D eigenvalue weighted by Crippen LogP contribution is -2.37. The van der Waals surface area contributed by atoms with E-state index in [1.54, 1.807) is 7.11 Å². The van der Waals surface area contributed by atoms with E-state index in [2.05, 4.69) is 15.0 Å². The molecule has 0 atom stereocenters. The van der Waals surface area contributed by atoms with Crippen LogP contribution in [0.4, 0.5) is 5.95 Å². The van der Waals surface area contributed by atoms with E-state index in [1.165, 1.54) is 0 Å². The molecule has 5 aromatic rings. The predicted molar refractivity (Wildman–Crippen MR) is 145 cm³/mol. The average Bonchev–Trinajstić information content (AvgIpc) is 3.35. The molecule has 1 aliphatic rings. The van der Waals surface area contributed by atoms with Crippen LogP contribution in [-0.4, -0.2) is 60.1 Å². The van der Waals surface area contributed by atoms with Crippen molar-refractivity contribution in [2.75, 3.05) is 44.9 Å². The number of hydrogen-bond donors (Lipinski definition) is 1. The zero-order valence-electron chi connectivity index (χ0n) is 21.5. The van der Waals surface area contributed by atoms with Crippen LogP contribution in [0.1, 0.15) is 11.1 Å². The lowest BCUT2D eigenvalue weighted by molar-refractivity contribution is 0.121. The highest BCUT2D eigenvalue weighted by atomic mass is 16.5. The molecule has 2 aromatic heterocycles. The number of rotatable bonds is 9. The summed E-state index contributed by atoms with van der Waals surface area (Å²) in [6.45, 7) is 2.75. The Balaban J connectivity index is 1.24. The van der Waals surface area contributed by atoms with Crippen molar-refractivity contribution < 1.29 is 28.5 Å². The SMILES string of the molecule is COc1cc(CCOc2nc(Oc3ccc4oc5ccccc5c4c3)nc(N3CCOCC3)n2)ccc1CO. The lowest BCUT2D eigenvalue weighted by atomic mass is 10.1. The third kappa shape index (κ3) is 5.43. The largest absolute Gasteiger partial charge is 0.496 e. The van der Waals surface area contributed by atoms with Crippen LogP contribution in [0.2, 0.25) is 0 Å². The number of furan rings is 1. The summed E-state index contributed by atoms with van der Waals surface area (Å²) in [6, 6.07) is 19.5. The molecule has 10 nitrogen and oxygen atoms in total. The third-order valence-electron chi connectivity index (χ3n) is 6.58. The highest BCUT2D eigenvalue weighted by Gasteiger charge is 2.19. The molecule has 0 radical (unpaired) electrons. The van der Waals surface area contributed by atoms with Gasteiger partial charge >= 0.3 is 12.0 Å². The number of anilines is 1. The highest BCUT2D eigenvalue weighted by Crippen LogP contribution is 2.33. The maximum absolute atomic E-state index is 9.46. The molecule has 1 N–H and O–H groups in total. The average molecular weight is 529 g/mol. The first-order chi connectivity index (χ1) is 19.2. The van der Waals surface area contributed by atoms with Gasteiger partial charge in [0.15, 0.2) is 0 Å². The van der Waals surface area contributed by atoms with Crippen molar-refractivity contribution in [3.63, 3.8) is 0 Å². The monoisotopic (exact) mass is 528 g/mol. The first-order valence-corrected chi connectivity index (χ1v) is 12.8. The van der Waals surface area contributed by atoms with E-state index in [4.69, 9.17) is 23.4 Å². The summed E-state index contributed by atoms with van der Waals surface area (Å²) in [7, 11) is 1.58. The van der Waals surface area contributed by atoms with Crippen LogP contribution >= 0.6 is 0 Å². The number of aromatic nitrogens is 3. The van der Waals surface area contributed by atoms with Gasteiger partial charge in [-0.3, -0.25) is 0 Å². The van der Waals surface area contributed by atoms with Gasteiger partial charge in [-0.25, -0.2) is 0 Å². The van der Waals surface area contributed by atoms with Gasteiger partial charge in [0.25, 0.3) is 0 Å². The molecular formula is C29H28N4O6. The zero-order valence-corrected chi connectivity index (χ0v) is 21.5. The Morgan fingerprint density at radius 1 is 0.897 bits per heavy atom. The fourth-order valence-electron chi connectivity index (χ4n) is 4.55. The van der Waals surface area contributed by atoms with Gasteiger partial charge in [-0.05, 0) is 35.9 Å². The van der Waals surface area contributed by atoms with Crippen LogP contribution in [-0.2, 0) is 17.8 Å². The molecule has 6 rings (SSSR count). The lowest BCUT2D eigenvalue weighted by Gasteiger charge is -2.26. The van der Waals surface area contributed by atoms with Crippen molar-refractivity contribution in [1.82, 2.24) is 15.0 Å². The van der Waals surface area contributed by atoms with Crippen molar-refractivity contribution in [3.05, 3.63) is 71.8 Å². The highest BCUT2D eigenvalue weighted by molar-refractivity contribution is 6.05. The molecule has 0 unspecified atom stereocenters. The first kappa shape index (κ1) is 24.9. The summed E-state index contributed by atoms with van der Waals surface area (Å²) in [5, 5.41) is 11.4. The Labute approximate surface area is 224 Å². The molecule has 0 saturated carbocycles. The number of para-hydroxylation sites is 1. The minimum Gasteiger partial charge on any atom is -0.496 e. The molecule has 0 spiro atoms. The predicted octanol–water partition coefficient (Wildman–Crippen LogP) is 4.52. The van der Waals surface area contributed by atoms with Gasteiger partial charge in [0.2, 0.25) is 5.95 Å². The first-order valence-electron chi connectivity index (χ1n) is 12.8. The van der Waals surface area contributed by atoms with Crippen molar-refractivity contribution in [1.29, 1.82) is 0 Å². The number of morpholine rings is 1. The topological polar surface area (TPSA) is 112 Å². The van der Waals surface area contributed by atoms with Gasteiger partial charge < -0.3 is 33.4 Å². The molecule has 0 bridgehead atoms. The number of benzene rings is 3. The van der Waals surface area contributed by atoms with Gasteiger partial charge in [-0.1, -0.05) is 30.3 Å². The second kappa shape index (κ2) is 11.1. The maximum Gasteiger partial charge on any atom is 0.330 e. The molecule has 0 amide bonds. The quantitative estimate of drug-likeness (QED) is 0.293. The molecule has 3 heterocycles. The Kier molecular flexibility index (Phi) is 7.11. The molecule has 1 saturated heterocycles. The Morgan fingerprint density at radius 3 is 2.56 bits per heavy atom. The van der Waals surface area contributed by atoms with Gasteiger partial charge in [-0.2, -0.15) is 9.97 Å². The second-order valence-electron chi connectivity index (χ2n) is 9.06. The summed E-state index contributed by atoms with van der Waals surface area (Å²) in [5.41, 5.74) is 3.33. The van der Waals surface area contributed by atoms with Gasteiger partial charge in [-0.15, -0.1) is 4.98 Å². The van der Waals surface area contributed by atoms with E-state index in [-0.39, 0.29) is 18.6 Å². The third-order valence-corrected chi connectivity index (χ3v) is 6.58. The molecule has 1 fully saturated rings. The summed E-state index contributed by atoms with van der Waals surface area (Å²) in [6.07, 6.45) is 0.598. The number of nitrogens with zero attached hydrogens (tertiary/aromatic N) is 4. The Morgan fingerprint density at radius 2 is 1.72 bits per heavy atom. The summed E-state index contributed by atoms with van der Waals surface area (Å²) >= 11 is 0. The van der Waals surface area contributed by atoms with E-state index in [0.29, 0.717) is 56.8 Å². The molecule has 0 aliphatic carbocycles. The summed E-state index contributed by atoms with van der Waals surface area (Å²) in [5.74, 6) is 1.69. The van der Waals surface area contributed by atoms with E-state index in [0.717, 1.165) is 33.1 Å². The summed E-state index contributed by atoms with van der Waals surface area (Å²) in [4.78, 5) is 15.6. The van der Waals surface area contributed by atoms with E-state index < -0.39 is 0 Å². The number of methoxy groups -OCH3 is 1. The van der Waals surface area contributed by atoms with Crippen LogP contribution < -0.4 is 19.1 Å². The molecule has 3 aromatic carbocycles. The number of hydrogen-bond acceptors (Lipinski definition) is 10. The molecular weight excluding hydrogens is 500 g/mol. The fourth-order valence-corrected chi connectivity index (χ4v) is 4.55. The number of fused-ring (bicyclic) bond motifs is 3. The van der Waals surface area contributed by atoms with Crippen LogP contribution in [0.5, 0.6) is 23.5 Å². The van der Waals surface area contributed by atoms with E-state index >= 15 is 0 Å². The fraction of sp³-hybridized carbons (Fsp3) is 0.276. The van der Waals surface area contributed by atoms with Gasteiger partial charge in [0, 0.05) is 35.8 Å². The smallest absolute Gasteiger partial charge is 0.330 e. The minimum absolute atomic E-state index is 0.0817. The number of aliphatic hydroxyl groups is 1. The van der Waals surface area contributed by atoms with Gasteiger partial charge in [0.05, 0.1) is 33.5 Å². The molecule has 200 valence electrons. The van der Waals surface area contributed by atoms with E-state index in [1.807, 2.05) is 65.6 Å². The van der Waals surface area contributed by atoms with Crippen molar-refractivity contribution in [2.24, 2.45) is 0 Å². The minimum atomic E-state index is -0.0817. The molecule has 10 heteroatoms. The van der Waals surface area contributed by atoms with Crippen molar-refractivity contribution in [3.8, 4) is 23.5 Å². The Hall–Kier alpha value is -4.41. The summed E-state index contributed by atoms with van der Waals surface area (Å²) < 4.78 is 28.9. The normalized spacial score (nSPS) is 13.6. The maximum atomic E-state index is 9.46. The Bertz CT molecular complexity index is 1600. The number of ether oxygens (including phenoxy) is 4. The van der Waals surface area contributed by atoms with Crippen LogP contribution in [0.25, 0.3) is 21.9 Å². The van der Waals surface area contributed by atoms with Crippen molar-refractivity contribution >= 4 is 27.9 Å². The number of aliphatic hydroxyl groups excluding tert-OH is 1. The van der Waals surface area contributed by atoms with Crippen LogP contribution in [0.3, 0.4) is 0 Å². The zero-order chi connectivity index (χ0) is 26.6. The van der Waals surface area contributed by atoms with E-state index in [9.17, 15) is 5.11 Å². The molecule has 39 heavy (non-hydrogen) atoms. The second-order valence-corrected chi connectivity index (χ2v) is 9.06. The standard InChI is InChI=1S/C29H28N4O6/c1-35-26-16-19(6-7-20(26)18-34)10-13-37-28-30-27(33-11-14-36-15-12-33)31-29(32-28)38-21-8-9-25-23(17-21)22-4-2-3-5-24(22)39-25/h2-9,16-17,34H,10-15,18H2,1H3. The van der Waals surface area contributed by atoms with Crippen molar-refractivity contribution in [2.45, 2.75) is 13.0 Å². The molecule has 1 aliphatic heterocycles. The van der Waals surface area contributed by atoms with Crippen LogP contribution in [0, 0.1) is 0 Å². The van der Waals surface area contributed by atoms with Gasteiger partial charge in [0.1, 0.15) is 22.7 Å².